The number of aromatic hydroxyl groups is 1. The van der Waals surface area contributed by atoms with E-state index in [1.54, 1.807) is 0 Å². The highest BCUT2D eigenvalue weighted by Gasteiger charge is 2.22. The third kappa shape index (κ3) is 3.76. The Bertz CT molecular complexity index is 368. The maximum atomic E-state index is 9.74. The van der Waals surface area contributed by atoms with Crippen molar-refractivity contribution in [1.29, 1.82) is 0 Å². The molecule has 18 heavy (non-hydrogen) atoms. The molecule has 0 heterocycles. The summed E-state index contributed by atoms with van der Waals surface area (Å²) in [5, 5.41) is 9.74. The molecular formula is C17H28O. The van der Waals surface area contributed by atoms with E-state index in [4.69, 9.17) is 0 Å². The molecule has 0 saturated carbocycles. The maximum absolute atomic E-state index is 9.74. The Hall–Kier alpha value is -0.980. The first-order valence-corrected chi connectivity index (χ1v) is 7.23. The number of phenols is 1. The average molecular weight is 248 g/mol. The van der Waals surface area contributed by atoms with Gasteiger partial charge in [-0.3, -0.25) is 0 Å². The molecule has 0 unspecified atom stereocenters. The van der Waals surface area contributed by atoms with Gasteiger partial charge in [0.1, 0.15) is 5.75 Å². The van der Waals surface area contributed by atoms with Gasteiger partial charge in [-0.25, -0.2) is 0 Å². The van der Waals surface area contributed by atoms with Crippen LogP contribution in [0.2, 0.25) is 0 Å². The van der Waals surface area contributed by atoms with Crippen molar-refractivity contribution in [1.82, 2.24) is 0 Å². The van der Waals surface area contributed by atoms with Crippen LogP contribution in [0.25, 0.3) is 0 Å². The summed E-state index contributed by atoms with van der Waals surface area (Å²) in [6, 6.07) is 5.92. The number of hydrogen-bond acceptors (Lipinski definition) is 1. The minimum absolute atomic E-state index is 0.0911. The molecule has 0 fully saturated rings. The summed E-state index contributed by atoms with van der Waals surface area (Å²) in [6.07, 6.45) is 4.91. The lowest BCUT2D eigenvalue weighted by molar-refractivity contribution is 0.467. The fraction of sp³-hybridized carbons (Fsp3) is 0.647. The van der Waals surface area contributed by atoms with E-state index in [-0.39, 0.29) is 5.41 Å². The van der Waals surface area contributed by atoms with Crippen molar-refractivity contribution < 1.29 is 5.11 Å². The van der Waals surface area contributed by atoms with Gasteiger partial charge in [-0.1, -0.05) is 53.5 Å². The van der Waals surface area contributed by atoms with E-state index in [9.17, 15) is 5.11 Å². The SMILES string of the molecule is CCCC(CCC)c1ccc(O)cc1C(C)(C)C. The molecule has 1 N–H and O–H groups in total. The number of phenolic OH excluding ortho intramolecular Hbond substituents is 1. The van der Waals surface area contributed by atoms with Crippen LogP contribution in [-0.4, -0.2) is 5.11 Å². The smallest absolute Gasteiger partial charge is 0.115 e. The molecule has 0 radical (unpaired) electrons. The quantitative estimate of drug-likeness (QED) is 0.742. The molecule has 0 aliphatic heterocycles. The Morgan fingerprint density at radius 2 is 1.61 bits per heavy atom. The van der Waals surface area contributed by atoms with Gasteiger partial charge in [-0.05, 0) is 47.4 Å². The highest BCUT2D eigenvalue weighted by molar-refractivity contribution is 5.41. The number of rotatable bonds is 5. The predicted octanol–water partition coefficient (Wildman–Crippen LogP) is 5.37. The molecule has 0 amide bonds. The van der Waals surface area contributed by atoms with Gasteiger partial charge in [0.15, 0.2) is 0 Å². The third-order valence-corrected chi connectivity index (χ3v) is 3.56. The lowest BCUT2D eigenvalue weighted by atomic mass is 9.77. The molecule has 0 aliphatic carbocycles. The molecule has 1 heteroatoms. The second-order valence-electron chi connectivity index (χ2n) is 6.30. The first-order valence-electron chi connectivity index (χ1n) is 7.23. The molecular weight excluding hydrogens is 220 g/mol. The third-order valence-electron chi connectivity index (χ3n) is 3.56. The highest BCUT2D eigenvalue weighted by atomic mass is 16.3. The summed E-state index contributed by atoms with van der Waals surface area (Å²) in [6.45, 7) is 11.2. The van der Waals surface area contributed by atoms with Gasteiger partial charge in [-0.2, -0.15) is 0 Å². The van der Waals surface area contributed by atoms with E-state index in [1.807, 2.05) is 12.1 Å². The van der Waals surface area contributed by atoms with Crippen LogP contribution in [0.4, 0.5) is 0 Å². The van der Waals surface area contributed by atoms with Crippen LogP contribution in [-0.2, 0) is 5.41 Å². The van der Waals surface area contributed by atoms with E-state index < -0.39 is 0 Å². The lowest BCUT2D eigenvalue weighted by Crippen LogP contribution is -2.16. The van der Waals surface area contributed by atoms with Gasteiger partial charge < -0.3 is 5.11 Å². The Balaban J connectivity index is 3.20. The Morgan fingerprint density at radius 3 is 2.06 bits per heavy atom. The van der Waals surface area contributed by atoms with Crippen molar-refractivity contribution in [2.45, 2.75) is 71.6 Å². The minimum Gasteiger partial charge on any atom is -0.508 e. The molecule has 1 nitrogen and oxygen atoms in total. The largest absolute Gasteiger partial charge is 0.508 e. The first-order chi connectivity index (χ1) is 8.40. The fourth-order valence-electron chi connectivity index (χ4n) is 2.70. The minimum atomic E-state index is 0.0911. The van der Waals surface area contributed by atoms with Crippen LogP contribution >= 0.6 is 0 Å². The van der Waals surface area contributed by atoms with Gasteiger partial charge in [0, 0.05) is 0 Å². The maximum Gasteiger partial charge on any atom is 0.115 e. The predicted molar refractivity (Wildman–Crippen MR) is 79.4 cm³/mol. The van der Waals surface area contributed by atoms with E-state index in [0.717, 1.165) is 0 Å². The zero-order valence-electron chi connectivity index (χ0n) is 12.6. The molecule has 1 aromatic carbocycles. The Kier molecular flexibility index (Phi) is 5.25. The molecule has 0 bridgehead atoms. The topological polar surface area (TPSA) is 20.2 Å². The standard InChI is InChI=1S/C17H28O/c1-6-8-13(9-7-2)15-11-10-14(18)12-16(15)17(3,4)5/h10-13,18H,6-9H2,1-5H3. The molecule has 102 valence electrons. The monoisotopic (exact) mass is 248 g/mol. The van der Waals surface area contributed by atoms with Crippen molar-refractivity contribution in [3.63, 3.8) is 0 Å². The van der Waals surface area contributed by atoms with Crippen molar-refractivity contribution in [3.8, 4) is 5.75 Å². The zero-order chi connectivity index (χ0) is 13.8. The van der Waals surface area contributed by atoms with Gasteiger partial charge in [0.25, 0.3) is 0 Å². The summed E-state index contributed by atoms with van der Waals surface area (Å²) in [5.41, 5.74) is 2.83. The molecule has 0 atom stereocenters. The van der Waals surface area contributed by atoms with Crippen LogP contribution in [0, 0.1) is 0 Å². The van der Waals surface area contributed by atoms with Crippen LogP contribution in [0.15, 0.2) is 18.2 Å². The summed E-state index contributed by atoms with van der Waals surface area (Å²) in [7, 11) is 0. The van der Waals surface area contributed by atoms with Gasteiger partial charge in [0.2, 0.25) is 0 Å². The zero-order valence-corrected chi connectivity index (χ0v) is 12.6. The lowest BCUT2D eigenvalue weighted by Gasteiger charge is -2.27. The van der Waals surface area contributed by atoms with E-state index in [2.05, 4.69) is 40.7 Å². The van der Waals surface area contributed by atoms with Crippen molar-refractivity contribution in [3.05, 3.63) is 29.3 Å². The van der Waals surface area contributed by atoms with E-state index in [1.165, 1.54) is 36.8 Å². The van der Waals surface area contributed by atoms with E-state index >= 15 is 0 Å². The number of hydrogen-bond donors (Lipinski definition) is 1. The Morgan fingerprint density at radius 1 is 1.06 bits per heavy atom. The molecule has 0 aliphatic rings. The Labute approximate surface area is 112 Å². The fourth-order valence-corrected chi connectivity index (χ4v) is 2.70. The highest BCUT2D eigenvalue weighted by Crippen LogP contribution is 2.36. The van der Waals surface area contributed by atoms with Crippen molar-refractivity contribution in [2.24, 2.45) is 0 Å². The second kappa shape index (κ2) is 6.26. The van der Waals surface area contributed by atoms with Crippen LogP contribution in [0.3, 0.4) is 0 Å². The summed E-state index contributed by atoms with van der Waals surface area (Å²) in [4.78, 5) is 0. The molecule has 0 aromatic heterocycles. The molecule has 0 saturated heterocycles. The summed E-state index contributed by atoms with van der Waals surface area (Å²) in [5.74, 6) is 1.02. The molecule has 0 spiro atoms. The van der Waals surface area contributed by atoms with Crippen LogP contribution < -0.4 is 0 Å². The van der Waals surface area contributed by atoms with Crippen LogP contribution in [0.5, 0.6) is 5.75 Å². The molecule has 1 rings (SSSR count). The van der Waals surface area contributed by atoms with Crippen molar-refractivity contribution in [2.75, 3.05) is 0 Å². The van der Waals surface area contributed by atoms with Crippen LogP contribution in [0.1, 0.15) is 77.3 Å². The second-order valence-corrected chi connectivity index (χ2v) is 6.30. The average Bonchev–Trinajstić information content (AvgIpc) is 2.27. The normalized spacial score (nSPS) is 12.1. The summed E-state index contributed by atoms with van der Waals surface area (Å²) < 4.78 is 0. The summed E-state index contributed by atoms with van der Waals surface area (Å²) >= 11 is 0. The van der Waals surface area contributed by atoms with Gasteiger partial charge >= 0.3 is 0 Å². The first kappa shape index (κ1) is 15.1. The number of benzene rings is 1. The molecule has 1 aromatic rings. The van der Waals surface area contributed by atoms with Crippen molar-refractivity contribution >= 4 is 0 Å². The van der Waals surface area contributed by atoms with Gasteiger partial charge in [0.05, 0.1) is 0 Å². The van der Waals surface area contributed by atoms with Gasteiger partial charge in [-0.15, -0.1) is 0 Å². The van der Waals surface area contributed by atoms with E-state index in [0.29, 0.717) is 11.7 Å².